The summed E-state index contributed by atoms with van der Waals surface area (Å²) in [6, 6.07) is 0. The minimum absolute atomic E-state index is 0.00512. The number of alkyl carbamates (subject to hydrolysis) is 1. The Morgan fingerprint density at radius 1 is 1.05 bits per heavy atom. The molecule has 0 aliphatic carbocycles. The molecule has 5 heteroatoms. The Labute approximate surface area is 135 Å². The molecule has 0 fully saturated rings. The van der Waals surface area contributed by atoms with E-state index in [0.717, 1.165) is 25.7 Å². The van der Waals surface area contributed by atoms with E-state index in [0.29, 0.717) is 13.1 Å². The molecule has 0 aliphatic rings. The summed E-state index contributed by atoms with van der Waals surface area (Å²) in [6.45, 7) is 12.6. The molecule has 128 valence electrons. The van der Waals surface area contributed by atoms with E-state index in [1.165, 1.54) is 6.08 Å². The number of carbonyl (C=O) groups is 2. The lowest BCUT2D eigenvalue weighted by molar-refractivity contribution is -0.116. The van der Waals surface area contributed by atoms with Gasteiger partial charge in [-0.05, 0) is 18.9 Å². The smallest absolute Gasteiger partial charge is 0.408 e. The van der Waals surface area contributed by atoms with Crippen LogP contribution in [0.25, 0.3) is 0 Å². The van der Waals surface area contributed by atoms with Crippen molar-refractivity contribution in [3.8, 4) is 12.3 Å². The lowest BCUT2D eigenvalue weighted by atomic mass is 10.2. The molecule has 0 rings (SSSR count). The summed E-state index contributed by atoms with van der Waals surface area (Å²) in [4.78, 5) is 21.8. The van der Waals surface area contributed by atoms with Crippen LogP contribution in [0.15, 0.2) is 12.7 Å². The van der Waals surface area contributed by atoms with Gasteiger partial charge in [0.15, 0.2) is 6.61 Å². The average Bonchev–Trinajstić information content (AvgIpc) is 2.58. The van der Waals surface area contributed by atoms with Crippen LogP contribution < -0.4 is 10.6 Å². The van der Waals surface area contributed by atoms with Crippen molar-refractivity contribution < 1.29 is 14.3 Å². The summed E-state index contributed by atoms with van der Waals surface area (Å²) in [7, 11) is 0. The molecule has 5 nitrogen and oxygen atoms in total. The van der Waals surface area contributed by atoms with Crippen molar-refractivity contribution in [1.29, 1.82) is 0 Å². The van der Waals surface area contributed by atoms with Crippen LogP contribution in [0.5, 0.6) is 0 Å². The van der Waals surface area contributed by atoms with Crippen molar-refractivity contribution in [1.82, 2.24) is 10.6 Å². The molecule has 0 saturated heterocycles. The third kappa shape index (κ3) is 23.2. The number of terminal acetylenes is 1. The Kier molecular flexibility index (Phi) is 27.4. The molecule has 0 aromatic rings. The first-order chi connectivity index (χ1) is 10.7. The Morgan fingerprint density at radius 3 is 2.00 bits per heavy atom. The van der Waals surface area contributed by atoms with Crippen LogP contribution in [0.3, 0.4) is 0 Å². The van der Waals surface area contributed by atoms with E-state index in [4.69, 9.17) is 6.42 Å². The molecule has 0 radical (unpaired) electrons. The van der Waals surface area contributed by atoms with E-state index in [1.807, 2.05) is 27.7 Å². The van der Waals surface area contributed by atoms with Crippen LogP contribution in [0, 0.1) is 12.3 Å². The van der Waals surface area contributed by atoms with Gasteiger partial charge in [0.2, 0.25) is 5.91 Å². The molecule has 0 bridgehead atoms. The summed E-state index contributed by atoms with van der Waals surface area (Å²) < 4.78 is 4.63. The van der Waals surface area contributed by atoms with E-state index in [-0.39, 0.29) is 12.5 Å². The highest BCUT2D eigenvalue weighted by molar-refractivity contribution is 5.86. The lowest BCUT2D eigenvalue weighted by Gasteiger charge is -2.05. The molecule has 2 N–H and O–H groups in total. The number of hydrogen-bond acceptors (Lipinski definition) is 3. The van der Waals surface area contributed by atoms with Gasteiger partial charge in [-0.15, -0.1) is 6.42 Å². The SMILES string of the molecule is C#CCOC(=O)NCCCCCCNC(=O)C=C.CC.CC. The van der Waals surface area contributed by atoms with Gasteiger partial charge < -0.3 is 15.4 Å². The Bertz CT molecular complexity index is 310. The van der Waals surface area contributed by atoms with Crippen LogP contribution in [0.1, 0.15) is 53.4 Å². The van der Waals surface area contributed by atoms with E-state index < -0.39 is 6.09 Å². The Hall–Kier alpha value is -1.96. The fraction of sp³-hybridized carbons (Fsp3) is 0.647. The van der Waals surface area contributed by atoms with E-state index >= 15 is 0 Å². The van der Waals surface area contributed by atoms with Gasteiger partial charge in [0, 0.05) is 13.1 Å². The maximum atomic E-state index is 11.0. The molecule has 0 atom stereocenters. The van der Waals surface area contributed by atoms with Crippen LogP contribution in [-0.2, 0) is 9.53 Å². The molecule has 2 amide bonds. The molecule has 0 aromatic heterocycles. The second kappa shape index (κ2) is 24.1. The zero-order valence-electron chi connectivity index (χ0n) is 14.5. The number of hydrogen-bond donors (Lipinski definition) is 2. The van der Waals surface area contributed by atoms with Crippen LogP contribution in [0.4, 0.5) is 4.79 Å². The number of amides is 2. The summed E-state index contributed by atoms with van der Waals surface area (Å²) in [5.74, 6) is 2.07. The second-order valence-electron chi connectivity index (χ2n) is 3.62. The van der Waals surface area contributed by atoms with E-state index in [9.17, 15) is 9.59 Å². The fourth-order valence-corrected chi connectivity index (χ4v) is 1.24. The molecule has 0 heterocycles. The first-order valence-electron chi connectivity index (χ1n) is 7.95. The Balaban J connectivity index is -0.000000826. The second-order valence-corrected chi connectivity index (χ2v) is 3.62. The Morgan fingerprint density at radius 2 is 1.55 bits per heavy atom. The lowest BCUT2D eigenvalue weighted by Crippen LogP contribution is -2.25. The summed E-state index contributed by atoms with van der Waals surface area (Å²) in [5.41, 5.74) is 0. The monoisotopic (exact) mass is 312 g/mol. The number of carbonyl (C=O) groups excluding carboxylic acids is 2. The van der Waals surface area contributed by atoms with Gasteiger partial charge in [-0.2, -0.15) is 0 Å². The molecule has 0 unspecified atom stereocenters. The quantitative estimate of drug-likeness (QED) is 0.390. The highest BCUT2D eigenvalue weighted by atomic mass is 16.5. The highest BCUT2D eigenvalue weighted by Crippen LogP contribution is 1.97. The van der Waals surface area contributed by atoms with E-state index in [2.05, 4.69) is 27.9 Å². The first kappa shape index (κ1) is 25.0. The van der Waals surface area contributed by atoms with Crippen molar-refractivity contribution >= 4 is 12.0 Å². The number of unbranched alkanes of at least 4 members (excludes halogenated alkanes) is 3. The van der Waals surface area contributed by atoms with Gasteiger partial charge in [0.25, 0.3) is 0 Å². The minimum Gasteiger partial charge on any atom is -0.436 e. The van der Waals surface area contributed by atoms with Crippen molar-refractivity contribution in [2.45, 2.75) is 53.4 Å². The first-order valence-corrected chi connectivity index (χ1v) is 7.95. The van der Waals surface area contributed by atoms with Crippen LogP contribution in [0.2, 0.25) is 0 Å². The molecule has 22 heavy (non-hydrogen) atoms. The van der Waals surface area contributed by atoms with Crippen molar-refractivity contribution in [2.75, 3.05) is 19.7 Å². The number of rotatable bonds is 9. The van der Waals surface area contributed by atoms with Gasteiger partial charge in [-0.3, -0.25) is 4.79 Å². The van der Waals surface area contributed by atoms with Crippen LogP contribution >= 0.6 is 0 Å². The summed E-state index contributed by atoms with van der Waals surface area (Å²) >= 11 is 0. The maximum absolute atomic E-state index is 11.0. The minimum atomic E-state index is -0.480. The van der Waals surface area contributed by atoms with Crippen molar-refractivity contribution in [3.05, 3.63) is 12.7 Å². The third-order valence-electron chi connectivity index (χ3n) is 2.14. The summed E-state index contributed by atoms with van der Waals surface area (Å²) in [5, 5.41) is 5.30. The van der Waals surface area contributed by atoms with Gasteiger partial charge in [0.05, 0.1) is 0 Å². The maximum Gasteiger partial charge on any atom is 0.408 e. The zero-order valence-corrected chi connectivity index (χ0v) is 14.5. The fourth-order valence-electron chi connectivity index (χ4n) is 1.24. The van der Waals surface area contributed by atoms with Gasteiger partial charge in [-0.1, -0.05) is 53.0 Å². The van der Waals surface area contributed by atoms with Crippen LogP contribution in [-0.4, -0.2) is 31.7 Å². The number of nitrogens with one attached hydrogen (secondary N) is 2. The largest absolute Gasteiger partial charge is 0.436 e. The molecule has 0 saturated carbocycles. The molecule has 0 spiro atoms. The van der Waals surface area contributed by atoms with Crippen molar-refractivity contribution in [2.24, 2.45) is 0 Å². The molecular weight excluding hydrogens is 280 g/mol. The van der Waals surface area contributed by atoms with Gasteiger partial charge in [0.1, 0.15) is 0 Å². The topological polar surface area (TPSA) is 67.4 Å². The normalized spacial score (nSPS) is 7.95. The van der Waals surface area contributed by atoms with Gasteiger partial charge in [-0.25, -0.2) is 4.79 Å². The number of ether oxygens (including phenoxy) is 1. The molecule has 0 aromatic carbocycles. The standard InChI is InChI=1S/C13H20N2O3.2C2H6/c1-3-11-18-13(17)15-10-8-6-5-7-9-14-12(16)4-2;2*1-2/h1,4H,2,5-11H2,(H,14,16)(H,15,17);2*1-2H3. The predicted molar refractivity (Wildman–Crippen MR) is 92.6 cm³/mol. The van der Waals surface area contributed by atoms with Gasteiger partial charge >= 0.3 is 6.09 Å². The summed E-state index contributed by atoms with van der Waals surface area (Å²) in [6.07, 6.45) is 9.49. The highest BCUT2D eigenvalue weighted by Gasteiger charge is 1.99. The van der Waals surface area contributed by atoms with Crippen molar-refractivity contribution in [3.63, 3.8) is 0 Å². The molecule has 0 aliphatic heterocycles. The molecular formula is C17H32N2O3. The van der Waals surface area contributed by atoms with E-state index in [1.54, 1.807) is 0 Å². The average molecular weight is 312 g/mol. The zero-order chi connectivity index (χ0) is 17.6. The third-order valence-corrected chi connectivity index (χ3v) is 2.14. The predicted octanol–water partition coefficient (Wildman–Crippen LogP) is 3.26.